The first-order chi connectivity index (χ1) is 28.0. The minimum atomic E-state index is -0.0258. The highest BCUT2D eigenvalue weighted by molar-refractivity contribution is 6.11. The second kappa shape index (κ2) is 13.2. The van der Waals surface area contributed by atoms with Crippen LogP contribution in [0.1, 0.15) is 33.1 Å². The molecular weight excluding hydrogens is 689 g/mol. The molecule has 11 rings (SSSR count). The molecule has 0 saturated carbocycles. The average molecular weight is 733 g/mol. The van der Waals surface area contributed by atoms with Gasteiger partial charge in [-0.05, 0) is 113 Å². The lowest BCUT2D eigenvalue weighted by Gasteiger charge is -2.22. The van der Waals surface area contributed by atoms with Gasteiger partial charge in [-0.3, -0.25) is 0 Å². The van der Waals surface area contributed by atoms with Crippen molar-refractivity contribution in [3.8, 4) is 39.1 Å². The lowest BCUT2D eigenvalue weighted by atomic mass is 9.88. The number of fused-ring (bicyclic) bond motifs is 6. The molecule has 0 N–H and O–H groups in total. The Morgan fingerprint density at radius 1 is 0.544 bits per heavy atom. The van der Waals surface area contributed by atoms with Crippen LogP contribution < -0.4 is 10.6 Å². The third kappa shape index (κ3) is 5.78. The number of allylic oxidation sites excluding steroid dienone is 8. The van der Waals surface area contributed by atoms with Crippen LogP contribution >= 0.6 is 0 Å². The van der Waals surface area contributed by atoms with Gasteiger partial charge in [-0.2, -0.15) is 0 Å². The van der Waals surface area contributed by atoms with Crippen LogP contribution in [0.25, 0.3) is 89.6 Å². The molecule has 6 aromatic carbocycles. The van der Waals surface area contributed by atoms with Gasteiger partial charge in [0.2, 0.25) is 0 Å². The zero-order chi connectivity index (χ0) is 38.1. The molecule has 0 spiro atoms. The second-order valence-electron chi connectivity index (χ2n) is 16.6. The van der Waals surface area contributed by atoms with Crippen molar-refractivity contribution >= 4 is 50.6 Å². The maximum Gasteiger partial charge on any atom is 0.0541 e. The maximum absolute atomic E-state index is 2.53. The highest BCUT2D eigenvalue weighted by Gasteiger charge is 2.23. The Hall–Kier alpha value is -6.64. The fourth-order valence-electron chi connectivity index (χ4n) is 9.60. The Bertz CT molecular complexity index is 3160. The predicted octanol–water partition coefficient (Wildman–Crippen LogP) is 13.0. The van der Waals surface area contributed by atoms with Crippen molar-refractivity contribution in [2.24, 2.45) is 11.3 Å². The van der Waals surface area contributed by atoms with Gasteiger partial charge >= 0.3 is 0 Å². The third-order valence-electron chi connectivity index (χ3n) is 12.3. The van der Waals surface area contributed by atoms with Crippen molar-refractivity contribution in [1.82, 2.24) is 9.13 Å². The van der Waals surface area contributed by atoms with E-state index >= 15 is 0 Å². The SMILES string of the molecule is CC1(C)C=c2c(n(-c3ccc(-c4cccc(-c5ccccc5)c4)cc3)c3ccc(-c4ccc5c(c4)c4ccccc4n5C4=CC(C5C=CC=CC5)=CCC4)cc23)=C1. The van der Waals surface area contributed by atoms with Crippen molar-refractivity contribution in [2.75, 3.05) is 0 Å². The van der Waals surface area contributed by atoms with Crippen molar-refractivity contribution in [3.05, 3.63) is 192 Å². The van der Waals surface area contributed by atoms with Gasteiger partial charge in [0.1, 0.15) is 0 Å². The van der Waals surface area contributed by atoms with Gasteiger partial charge in [-0.15, -0.1) is 0 Å². The number of nitrogens with zero attached hydrogens (tertiary/aromatic N) is 2. The van der Waals surface area contributed by atoms with Gasteiger partial charge in [-0.1, -0.05) is 147 Å². The van der Waals surface area contributed by atoms with Crippen LogP contribution in [0.2, 0.25) is 0 Å². The normalized spacial score (nSPS) is 17.1. The summed E-state index contributed by atoms with van der Waals surface area (Å²) >= 11 is 0. The topological polar surface area (TPSA) is 9.86 Å². The first kappa shape index (κ1) is 33.7. The summed E-state index contributed by atoms with van der Waals surface area (Å²) in [4.78, 5) is 0. The molecule has 0 radical (unpaired) electrons. The average Bonchev–Trinajstić information content (AvgIpc) is 3.87. The lowest BCUT2D eigenvalue weighted by Crippen LogP contribution is -2.25. The minimum Gasteiger partial charge on any atom is -0.313 e. The van der Waals surface area contributed by atoms with Crippen LogP contribution in [-0.2, 0) is 0 Å². The Morgan fingerprint density at radius 2 is 1.19 bits per heavy atom. The molecule has 1 unspecified atom stereocenters. The van der Waals surface area contributed by atoms with E-state index in [-0.39, 0.29) is 5.41 Å². The minimum absolute atomic E-state index is 0.0258. The van der Waals surface area contributed by atoms with E-state index in [4.69, 9.17) is 0 Å². The Morgan fingerprint density at radius 3 is 1.96 bits per heavy atom. The van der Waals surface area contributed by atoms with Crippen LogP contribution in [0, 0.1) is 11.3 Å². The molecule has 2 aromatic heterocycles. The van der Waals surface area contributed by atoms with E-state index in [1.54, 1.807) is 0 Å². The Balaban J connectivity index is 0.989. The molecule has 0 saturated heterocycles. The number of aromatic nitrogens is 2. The Labute approximate surface area is 334 Å². The fourth-order valence-corrected chi connectivity index (χ4v) is 9.60. The van der Waals surface area contributed by atoms with Crippen molar-refractivity contribution in [3.63, 3.8) is 0 Å². The van der Waals surface area contributed by atoms with E-state index in [0.29, 0.717) is 5.92 Å². The first-order valence-electron chi connectivity index (χ1n) is 20.4. The maximum atomic E-state index is 2.53. The second-order valence-corrected chi connectivity index (χ2v) is 16.6. The number of hydrogen-bond acceptors (Lipinski definition) is 0. The summed E-state index contributed by atoms with van der Waals surface area (Å²) in [5.74, 6) is 0.457. The zero-order valence-corrected chi connectivity index (χ0v) is 32.5. The van der Waals surface area contributed by atoms with Crippen LogP contribution in [-0.4, -0.2) is 9.13 Å². The van der Waals surface area contributed by atoms with Crippen molar-refractivity contribution in [2.45, 2.75) is 33.1 Å². The first-order valence-corrected chi connectivity index (χ1v) is 20.4. The number of hydrogen-bond donors (Lipinski definition) is 0. The molecule has 3 aliphatic carbocycles. The molecule has 2 heteroatoms. The predicted molar refractivity (Wildman–Crippen MR) is 243 cm³/mol. The largest absolute Gasteiger partial charge is 0.313 e. The molecule has 2 heterocycles. The highest BCUT2D eigenvalue weighted by Crippen LogP contribution is 2.39. The van der Waals surface area contributed by atoms with E-state index < -0.39 is 0 Å². The summed E-state index contributed by atoms with van der Waals surface area (Å²) in [6, 6.07) is 51.7. The van der Waals surface area contributed by atoms with Gasteiger partial charge in [0.05, 0.1) is 21.9 Å². The van der Waals surface area contributed by atoms with Crippen molar-refractivity contribution < 1.29 is 0 Å². The summed E-state index contributed by atoms with van der Waals surface area (Å²) in [7, 11) is 0. The van der Waals surface area contributed by atoms with Crippen LogP contribution in [0.5, 0.6) is 0 Å². The van der Waals surface area contributed by atoms with Crippen LogP contribution in [0.15, 0.2) is 182 Å². The van der Waals surface area contributed by atoms with Gasteiger partial charge in [0, 0.05) is 44.1 Å². The number of para-hydroxylation sites is 1. The molecular formula is C55H44N2. The van der Waals surface area contributed by atoms with E-state index in [1.807, 2.05) is 0 Å². The van der Waals surface area contributed by atoms with Gasteiger partial charge < -0.3 is 9.13 Å². The monoisotopic (exact) mass is 732 g/mol. The molecule has 0 fully saturated rings. The van der Waals surface area contributed by atoms with E-state index in [1.165, 1.54) is 93.6 Å². The highest BCUT2D eigenvalue weighted by atomic mass is 15.0. The quantitative estimate of drug-likeness (QED) is 0.161. The summed E-state index contributed by atoms with van der Waals surface area (Å²) < 4.78 is 4.98. The standard InChI is InChI=1S/C55H44N2/c1-55(2)35-50-49-34-44(26-30-53(49)56(54(50)36-55)45-27-23-39(24-28-45)41-18-11-17-40(31-41)37-13-5-3-6-14-37)43-25-29-52-48(33-43)47-21-9-10-22-51(47)57(52)46-20-12-19-42(32-46)38-15-7-4-8-16-38/h3-11,13-15,17-19,21-36,38H,12,16,20H2,1-2H3. The molecule has 8 aromatic rings. The van der Waals surface area contributed by atoms with Gasteiger partial charge in [0.15, 0.2) is 0 Å². The van der Waals surface area contributed by atoms with E-state index in [9.17, 15) is 0 Å². The molecule has 274 valence electrons. The number of rotatable bonds is 6. The summed E-state index contributed by atoms with van der Waals surface area (Å²) in [6.45, 7) is 4.62. The third-order valence-corrected chi connectivity index (χ3v) is 12.3. The lowest BCUT2D eigenvalue weighted by molar-refractivity contribution is 0.722. The molecule has 2 nitrogen and oxygen atoms in total. The molecule has 0 aliphatic heterocycles. The van der Waals surface area contributed by atoms with Crippen LogP contribution in [0.4, 0.5) is 0 Å². The molecule has 57 heavy (non-hydrogen) atoms. The smallest absolute Gasteiger partial charge is 0.0541 e. The molecule has 1 atom stereocenters. The summed E-state index contributed by atoms with van der Waals surface area (Å²) in [6.07, 6.45) is 22.0. The van der Waals surface area contributed by atoms with Gasteiger partial charge in [-0.25, -0.2) is 0 Å². The summed E-state index contributed by atoms with van der Waals surface area (Å²) in [5, 5.41) is 6.51. The Kier molecular flexibility index (Phi) is 7.83. The zero-order valence-electron chi connectivity index (χ0n) is 32.5. The van der Waals surface area contributed by atoms with Gasteiger partial charge in [0.25, 0.3) is 0 Å². The van der Waals surface area contributed by atoms with E-state index in [0.717, 1.165) is 19.3 Å². The van der Waals surface area contributed by atoms with Crippen LogP contribution in [0.3, 0.4) is 0 Å². The van der Waals surface area contributed by atoms with E-state index in [2.05, 4.69) is 211 Å². The molecule has 3 aliphatic rings. The fraction of sp³-hybridized carbons (Fsp3) is 0.127. The number of benzene rings is 6. The van der Waals surface area contributed by atoms with Crippen molar-refractivity contribution in [1.29, 1.82) is 0 Å². The summed E-state index contributed by atoms with van der Waals surface area (Å²) in [5.41, 5.74) is 15.2. The molecule has 0 amide bonds. The molecule has 0 bridgehead atoms.